The Morgan fingerprint density at radius 2 is 2.00 bits per heavy atom. The van der Waals surface area contributed by atoms with Gasteiger partial charge in [-0.05, 0) is 51.7 Å². The first-order chi connectivity index (χ1) is 11.7. The SMILES string of the molecule is COc1ccc(Cl)c(Cl)c1[C@@H]1CCN(C(=O)OC(C)(C)C)[C@@H](C=O)C1. The molecule has 7 heteroatoms. The second kappa shape index (κ2) is 7.83. The van der Waals surface area contributed by atoms with Crippen molar-refractivity contribution in [3.05, 3.63) is 27.7 Å². The number of amides is 1. The Labute approximate surface area is 158 Å². The van der Waals surface area contributed by atoms with E-state index in [2.05, 4.69) is 0 Å². The minimum atomic E-state index is -0.610. The van der Waals surface area contributed by atoms with E-state index in [1.54, 1.807) is 40.0 Å². The van der Waals surface area contributed by atoms with Crippen molar-refractivity contribution in [2.75, 3.05) is 13.7 Å². The molecule has 0 spiro atoms. The number of nitrogens with zero attached hydrogens (tertiary/aromatic N) is 1. The van der Waals surface area contributed by atoms with E-state index in [0.29, 0.717) is 35.2 Å². The fraction of sp³-hybridized carbons (Fsp3) is 0.556. The molecule has 1 fully saturated rings. The second-order valence-corrected chi connectivity index (χ2v) is 7.86. The highest BCUT2D eigenvalue weighted by Gasteiger charge is 2.36. The molecule has 2 rings (SSSR count). The number of methoxy groups -OCH3 is 1. The first-order valence-electron chi connectivity index (χ1n) is 8.14. The summed E-state index contributed by atoms with van der Waals surface area (Å²) in [6.45, 7) is 5.79. The maximum atomic E-state index is 12.3. The largest absolute Gasteiger partial charge is 0.496 e. The lowest BCUT2D eigenvalue weighted by atomic mass is 9.85. The average molecular weight is 388 g/mol. The van der Waals surface area contributed by atoms with Crippen molar-refractivity contribution in [3.8, 4) is 5.75 Å². The van der Waals surface area contributed by atoms with Crippen LogP contribution in [0.1, 0.15) is 45.1 Å². The monoisotopic (exact) mass is 387 g/mol. The van der Waals surface area contributed by atoms with Crippen molar-refractivity contribution in [3.63, 3.8) is 0 Å². The van der Waals surface area contributed by atoms with Gasteiger partial charge in [0.2, 0.25) is 0 Å². The first kappa shape index (κ1) is 19.9. The second-order valence-electron chi connectivity index (χ2n) is 7.08. The molecule has 1 aromatic carbocycles. The molecule has 0 N–H and O–H groups in total. The van der Waals surface area contributed by atoms with Gasteiger partial charge >= 0.3 is 6.09 Å². The normalized spacial score (nSPS) is 21.0. The Hall–Kier alpha value is -1.46. The van der Waals surface area contributed by atoms with Gasteiger partial charge in [-0.1, -0.05) is 23.2 Å². The third kappa shape index (κ3) is 4.59. The molecule has 0 saturated carbocycles. The number of likely N-dealkylation sites (tertiary alicyclic amines) is 1. The predicted molar refractivity (Wildman–Crippen MR) is 97.8 cm³/mol. The minimum Gasteiger partial charge on any atom is -0.496 e. The molecule has 1 aliphatic heterocycles. The number of hydrogen-bond acceptors (Lipinski definition) is 4. The summed E-state index contributed by atoms with van der Waals surface area (Å²) < 4.78 is 10.8. The summed E-state index contributed by atoms with van der Waals surface area (Å²) in [6, 6.07) is 2.87. The molecule has 1 heterocycles. The Morgan fingerprint density at radius 1 is 1.32 bits per heavy atom. The molecular formula is C18H23Cl2NO4. The summed E-state index contributed by atoms with van der Waals surface area (Å²) in [5.74, 6) is 0.602. The summed E-state index contributed by atoms with van der Waals surface area (Å²) in [5.41, 5.74) is 0.174. The van der Waals surface area contributed by atoms with Gasteiger partial charge in [0.15, 0.2) is 0 Å². The van der Waals surface area contributed by atoms with Crippen LogP contribution in [0.4, 0.5) is 4.79 Å². The first-order valence-corrected chi connectivity index (χ1v) is 8.90. The molecule has 25 heavy (non-hydrogen) atoms. The third-order valence-corrected chi connectivity index (χ3v) is 4.97. The van der Waals surface area contributed by atoms with Crippen LogP contribution in [0.25, 0.3) is 0 Å². The average Bonchev–Trinajstić information content (AvgIpc) is 2.55. The highest BCUT2D eigenvalue weighted by atomic mass is 35.5. The van der Waals surface area contributed by atoms with Gasteiger partial charge in [-0.15, -0.1) is 0 Å². The number of ether oxygens (including phenoxy) is 2. The summed E-state index contributed by atoms with van der Waals surface area (Å²) in [4.78, 5) is 25.4. The number of piperidine rings is 1. The number of carbonyl (C=O) groups is 2. The number of rotatable bonds is 3. The van der Waals surface area contributed by atoms with E-state index in [1.807, 2.05) is 0 Å². The number of halogens is 2. The summed E-state index contributed by atoms with van der Waals surface area (Å²) in [7, 11) is 1.57. The fourth-order valence-corrected chi connectivity index (χ4v) is 3.52. The standard InChI is InChI=1S/C18H23Cl2NO4/c1-18(2,3)25-17(23)21-8-7-11(9-12(21)10-22)15-14(24-4)6-5-13(19)16(15)20/h5-6,10-12H,7-9H2,1-4H3/t11-,12-/m1/s1. The highest BCUT2D eigenvalue weighted by molar-refractivity contribution is 6.42. The molecule has 0 bridgehead atoms. The van der Waals surface area contributed by atoms with Crippen LogP contribution in [-0.2, 0) is 9.53 Å². The molecule has 138 valence electrons. The maximum Gasteiger partial charge on any atom is 0.410 e. The van der Waals surface area contributed by atoms with Crippen molar-refractivity contribution in [1.29, 1.82) is 0 Å². The quantitative estimate of drug-likeness (QED) is 0.706. The van der Waals surface area contributed by atoms with E-state index in [4.69, 9.17) is 32.7 Å². The lowest BCUT2D eigenvalue weighted by molar-refractivity contribution is -0.113. The van der Waals surface area contributed by atoms with Crippen molar-refractivity contribution < 1.29 is 19.1 Å². The Bertz CT molecular complexity index is 657. The smallest absolute Gasteiger partial charge is 0.410 e. The molecule has 1 aromatic rings. The molecule has 0 aromatic heterocycles. The fourth-order valence-electron chi connectivity index (χ4n) is 3.04. The lowest BCUT2D eigenvalue weighted by Gasteiger charge is -2.38. The molecule has 1 aliphatic rings. The van der Waals surface area contributed by atoms with Crippen molar-refractivity contribution in [2.45, 2.75) is 51.2 Å². The molecular weight excluding hydrogens is 365 g/mol. The van der Waals surface area contributed by atoms with Gasteiger partial charge in [-0.2, -0.15) is 0 Å². The molecule has 1 saturated heterocycles. The summed E-state index contributed by atoms with van der Waals surface area (Å²) >= 11 is 12.5. The van der Waals surface area contributed by atoms with Crippen molar-refractivity contribution >= 4 is 35.6 Å². The molecule has 0 unspecified atom stereocenters. The van der Waals surface area contributed by atoms with Crippen LogP contribution in [0.3, 0.4) is 0 Å². The van der Waals surface area contributed by atoms with Crippen LogP contribution >= 0.6 is 23.2 Å². The predicted octanol–water partition coefficient (Wildman–Crippen LogP) is 4.68. The van der Waals surface area contributed by atoms with Crippen LogP contribution in [0.5, 0.6) is 5.75 Å². The molecule has 0 aliphatic carbocycles. The summed E-state index contributed by atoms with van der Waals surface area (Å²) in [6.07, 6.45) is 1.38. The molecule has 5 nitrogen and oxygen atoms in total. The van der Waals surface area contributed by atoms with Gasteiger partial charge in [0.05, 0.1) is 23.2 Å². The zero-order chi connectivity index (χ0) is 18.8. The van der Waals surface area contributed by atoms with E-state index in [0.717, 1.165) is 11.8 Å². The van der Waals surface area contributed by atoms with E-state index in [1.165, 1.54) is 4.90 Å². The third-order valence-electron chi connectivity index (χ3n) is 4.15. The van der Waals surface area contributed by atoms with Gasteiger partial charge in [0.1, 0.15) is 17.6 Å². The van der Waals surface area contributed by atoms with Gasteiger partial charge < -0.3 is 14.3 Å². The van der Waals surface area contributed by atoms with E-state index >= 15 is 0 Å². The molecule has 1 amide bonds. The number of carbonyl (C=O) groups excluding carboxylic acids is 2. The van der Waals surface area contributed by atoms with Crippen LogP contribution in [0.15, 0.2) is 12.1 Å². The minimum absolute atomic E-state index is 0.0324. The molecule has 2 atom stereocenters. The topological polar surface area (TPSA) is 55.8 Å². The van der Waals surface area contributed by atoms with Gasteiger partial charge in [0.25, 0.3) is 0 Å². The van der Waals surface area contributed by atoms with Crippen molar-refractivity contribution in [2.24, 2.45) is 0 Å². The lowest BCUT2D eigenvalue weighted by Crippen LogP contribution is -2.48. The summed E-state index contributed by atoms with van der Waals surface area (Å²) in [5, 5.41) is 0.871. The van der Waals surface area contributed by atoms with Crippen molar-refractivity contribution in [1.82, 2.24) is 4.90 Å². The van der Waals surface area contributed by atoms with E-state index in [-0.39, 0.29) is 5.92 Å². The number of hydrogen-bond donors (Lipinski definition) is 0. The highest BCUT2D eigenvalue weighted by Crippen LogP contribution is 2.43. The molecule has 0 radical (unpaired) electrons. The maximum absolute atomic E-state index is 12.3. The Balaban J connectivity index is 2.24. The Kier molecular flexibility index (Phi) is 6.22. The van der Waals surface area contributed by atoms with Crippen LogP contribution in [-0.4, -0.2) is 42.6 Å². The zero-order valence-corrected chi connectivity index (χ0v) is 16.4. The van der Waals surface area contributed by atoms with Crippen LogP contribution in [0, 0.1) is 0 Å². The van der Waals surface area contributed by atoms with Gasteiger partial charge in [-0.3, -0.25) is 4.90 Å². The number of aldehydes is 1. The van der Waals surface area contributed by atoms with E-state index < -0.39 is 17.7 Å². The zero-order valence-electron chi connectivity index (χ0n) is 14.8. The van der Waals surface area contributed by atoms with Crippen LogP contribution in [0.2, 0.25) is 10.0 Å². The Morgan fingerprint density at radius 3 is 2.56 bits per heavy atom. The van der Waals surface area contributed by atoms with E-state index in [9.17, 15) is 9.59 Å². The van der Waals surface area contributed by atoms with Gasteiger partial charge in [-0.25, -0.2) is 4.79 Å². The van der Waals surface area contributed by atoms with Crippen LogP contribution < -0.4 is 4.74 Å². The van der Waals surface area contributed by atoms with Gasteiger partial charge in [0, 0.05) is 12.1 Å². The number of benzene rings is 1.